The highest BCUT2D eigenvalue weighted by Crippen LogP contribution is 2.15. The Morgan fingerprint density at radius 2 is 2.26 bits per heavy atom. The molecule has 0 saturated carbocycles. The van der Waals surface area contributed by atoms with Crippen LogP contribution in [0.3, 0.4) is 0 Å². The number of halogens is 1. The van der Waals surface area contributed by atoms with Gasteiger partial charge in [-0.15, -0.1) is 24.2 Å². The third-order valence-corrected chi connectivity index (χ3v) is 4.07. The number of pyridine rings is 1. The zero-order chi connectivity index (χ0) is 12.6. The Hall–Kier alpha value is -0.780. The molecule has 1 aromatic rings. The lowest BCUT2D eigenvalue weighted by atomic mass is 10.1. The highest BCUT2D eigenvalue weighted by atomic mass is 35.5. The number of amides is 1. The van der Waals surface area contributed by atoms with Crippen LogP contribution in [-0.2, 0) is 4.79 Å². The lowest BCUT2D eigenvalue weighted by Gasteiger charge is -2.09. The molecule has 1 unspecified atom stereocenters. The molecule has 2 rings (SSSR count). The maximum Gasteiger partial charge on any atom is 0.230 e. The van der Waals surface area contributed by atoms with Gasteiger partial charge < -0.3 is 10.6 Å². The first-order valence-corrected chi connectivity index (χ1v) is 7.33. The van der Waals surface area contributed by atoms with Crippen molar-refractivity contribution in [1.82, 2.24) is 15.6 Å². The van der Waals surface area contributed by atoms with Crippen LogP contribution in [0.1, 0.15) is 12.8 Å². The molecular weight excluding hydrogens is 282 g/mol. The van der Waals surface area contributed by atoms with Crippen LogP contribution < -0.4 is 10.6 Å². The van der Waals surface area contributed by atoms with Gasteiger partial charge in [0.1, 0.15) is 0 Å². The molecule has 2 N–H and O–H groups in total. The van der Waals surface area contributed by atoms with E-state index in [2.05, 4.69) is 15.6 Å². The first-order valence-electron chi connectivity index (χ1n) is 6.35. The van der Waals surface area contributed by atoms with Crippen molar-refractivity contribution in [2.24, 2.45) is 5.92 Å². The lowest BCUT2D eigenvalue weighted by molar-refractivity contribution is -0.118. The van der Waals surface area contributed by atoms with E-state index >= 15 is 0 Å². The van der Waals surface area contributed by atoms with E-state index in [4.69, 9.17) is 0 Å². The van der Waals surface area contributed by atoms with Gasteiger partial charge in [0.2, 0.25) is 5.91 Å². The number of nitrogens with one attached hydrogen (secondary N) is 2. The molecule has 1 saturated heterocycles. The maximum absolute atomic E-state index is 11.6. The van der Waals surface area contributed by atoms with Crippen LogP contribution >= 0.6 is 24.2 Å². The smallest absolute Gasteiger partial charge is 0.230 e. The van der Waals surface area contributed by atoms with E-state index in [1.165, 1.54) is 6.42 Å². The van der Waals surface area contributed by atoms with Gasteiger partial charge in [-0.25, -0.2) is 0 Å². The van der Waals surface area contributed by atoms with E-state index in [1.54, 1.807) is 24.2 Å². The van der Waals surface area contributed by atoms with Gasteiger partial charge in [0, 0.05) is 23.8 Å². The van der Waals surface area contributed by atoms with Crippen LogP contribution in [0.15, 0.2) is 29.4 Å². The number of hydrogen-bond donors (Lipinski definition) is 2. The Morgan fingerprint density at radius 1 is 1.47 bits per heavy atom. The highest BCUT2D eigenvalue weighted by Gasteiger charge is 2.13. The van der Waals surface area contributed by atoms with Gasteiger partial charge in [-0.05, 0) is 44.0 Å². The second kappa shape index (κ2) is 9.18. The molecule has 1 atom stereocenters. The normalized spacial score (nSPS) is 17.8. The van der Waals surface area contributed by atoms with E-state index in [0.717, 1.165) is 36.9 Å². The SMILES string of the molecule is Cl.O=C(CSc1ccncc1)NCCC1CCNC1. The van der Waals surface area contributed by atoms with Crippen LogP contribution in [0.2, 0.25) is 0 Å². The third-order valence-electron chi connectivity index (χ3n) is 3.06. The van der Waals surface area contributed by atoms with Crippen molar-refractivity contribution < 1.29 is 4.79 Å². The number of thioether (sulfide) groups is 1. The number of nitrogens with zero attached hydrogens (tertiary/aromatic N) is 1. The van der Waals surface area contributed by atoms with Gasteiger partial charge in [0.05, 0.1) is 5.75 Å². The Balaban J connectivity index is 0.00000180. The average molecular weight is 302 g/mol. The van der Waals surface area contributed by atoms with E-state index in [1.807, 2.05) is 12.1 Å². The van der Waals surface area contributed by atoms with Gasteiger partial charge >= 0.3 is 0 Å². The number of aromatic nitrogens is 1. The molecule has 1 aliphatic rings. The quantitative estimate of drug-likeness (QED) is 0.786. The molecule has 0 spiro atoms. The van der Waals surface area contributed by atoms with Gasteiger partial charge in [-0.3, -0.25) is 9.78 Å². The second-order valence-corrected chi connectivity index (χ2v) is 5.52. The summed E-state index contributed by atoms with van der Waals surface area (Å²) in [5.74, 6) is 1.33. The van der Waals surface area contributed by atoms with E-state index in [-0.39, 0.29) is 18.3 Å². The van der Waals surface area contributed by atoms with Crippen molar-refractivity contribution in [2.45, 2.75) is 17.7 Å². The standard InChI is InChI=1S/C13H19N3OS.ClH/c17-13(10-18-12-3-6-14-7-4-12)16-8-2-11-1-5-15-9-11;/h3-4,6-7,11,15H,1-2,5,8-10H2,(H,16,17);1H. The van der Waals surface area contributed by atoms with Gasteiger partial charge in [-0.2, -0.15) is 0 Å². The van der Waals surface area contributed by atoms with Crippen molar-refractivity contribution in [1.29, 1.82) is 0 Å². The predicted molar refractivity (Wildman–Crippen MR) is 80.8 cm³/mol. The summed E-state index contributed by atoms with van der Waals surface area (Å²) in [6, 6.07) is 3.84. The first-order chi connectivity index (χ1) is 8.84. The molecule has 2 heterocycles. The van der Waals surface area contributed by atoms with Crippen molar-refractivity contribution >= 4 is 30.1 Å². The minimum absolute atomic E-state index is 0. The van der Waals surface area contributed by atoms with E-state index in [0.29, 0.717) is 5.75 Å². The van der Waals surface area contributed by atoms with Crippen molar-refractivity contribution in [3.63, 3.8) is 0 Å². The summed E-state index contributed by atoms with van der Waals surface area (Å²) in [7, 11) is 0. The Kier molecular flexibility index (Phi) is 7.86. The Bertz CT molecular complexity index is 371. The molecule has 0 radical (unpaired) electrons. The minimum Gasteiger partial charge on any atom is -0.355 e. The molecule has 1 aliphatic heterocycles. The number of carbonyl (C=O) groups is 1. The molecule has 1 amide bonds. The largest absolute Gasteiger partial charge is 0.355 e. The predicted octanol–water partition coefficient (Wildman–Crippen LogP) is 1.71. The van der Waals surface area contributed by atoms with Gasteiger partial charge in [-0.1, -0.05) is 0 Å². The highest BCUT2D eigenvalue weighted by molar-refractivity contribution is 8.00. The fourth-order valence-electron chi connectivity index (χ4n) is 2.01. The fourth-order valence-corrected chi connectivity index (χ4v) is 2.72. The zero-order valence-electron chi connectivity index (χ0n) is 10.8. The fraction of sp³-hybridized carbons (Fsp3) is 0.538. The Labute approximate surface area is 124 Å². The molecular formula is C13H20ClN3OS. The number of rotatable bonds is 6. The zero-order valence-corrected chi connectivity index (χ0v) is 12.4. The third kappa shape index (κ3) is 6.27. The molecule has 1 aromatic heterocycles. The number of hydrogen-bond acceptors (Lipinski definition) is 4. The van der Waals surface area contributed by atoms with E-state index < -0.39 is 0 Å². The summed E-state index contributed by atoms with van der Waals surface area (Å²) in [6.07, 6.45) is 5.81. The summed E-state index contributed by atoms with van der Waals surface area (Å²) in [4.78, 5) is 16.7. The second-order valence-electron chi connectivity index (χ2n) is 4.47. The molecule has 6 heteroatoms. The van der Waals surface area contributed by atoms with Crippen LogP contribution in [0.25, 0.3) is 0 Å². The molecule has 4 nitrogen and oxygen atoms in total. The average Bonchev–Trinajstić information content (AvgIpc) is 2.91. The summed E-state index contributed by atoms with van der Waals surface area (Å²) in [6.45, 7) is 3.01. The Morgan fingerprint density at radius 3 is 2.95 bits per heavy atom. The van der Waals surface area contributed by atoms with Gasteiger partial charge in [0.15, 0.2) is 0 Å². The number of carbonyl (C=O) groups excluding carboxylic acids is 1. The molecule has 0 bridgehead atoms. The van der Waals surface area contributed by atoms with Crippen molar-refractivity contribution in [3.8, 4) is 0 Å². The maximum atomic E-state index is 11.6. The van der Waals surface area contributed by atoms with Gasteiger partial charge in [0.25, 0.3) is 0 Å². The van der Waals surface area contributed by atoms with Crippen molar-refractivity contribution in [3.05, 3.63) is 24.5 Å². The van der Waals surface area contributed by atoms with Crippen LogP contribution in [0, 0.1) is 5.92 Å². The monoisotopic (exact) mass is 301 g/mol. The molecule has 106 valence electrons. The van der Waals surface area contributed by atoms with Crippen LogP contribution in [0.4, 0.5) is 0 Å². The van der Waals surface area contributed by atoms with Crippen molar-refractivity contribution in [2.75, 3.05) is 25.4 Å². The minimum atomic E-state index is 0. The summed E-state index contributed by atoms with van der Waals surface area (Å²) >= 11 is 1.55. The molecule has 0 aliphatic carbocycles. The van der Waals surface area contributed by atoms with Crippen LogP contribution in [-0.4, -0.2) is 36.3 Å². The summed E-state index contributed by atoms with van der Waals surface area (Å²) < 4.78 is 0. The first kappa shape index (κ1) is 16.3. The summed E-state index contributed by atoms with van der Waals surface area (Å²) in [5.41, 5.74) is 0. The lowest BCUT2D eigenvalue weighted by Crippen LogP contribution is -2.27. The van der Waals surface area contributed by atoms with Crippen LogP contribution in [0.5, 0.6) is 0 Å². The summed E-state index contributed by atoms with van der Waals surface area (Å²) in [5, 5.41) is 6.31. The topological polar surface area (TPSA) is 54.0 Å². The molecule has 0 aromatic carbocycles. The van der Waals surface area contributed by atoms with E-state index in [9.17, 15) is 4.79 Å². The molecule has 19 heavy (non-hydrogen) atoms. The molecule has 1 fully saturated rings.